The van der Waals surface area contributed by atoms with Gasteiger partial charge in [-0.25, -0.2) is 17.2 Å². The van der Waals surface area contributed by atoms with Crippen LogP contribution in [0, 0.1) is 11.6 Å². The summed E-state index contributed by atoms with van der Waals surface area (Å²) in [6.07, 6.45) is 0. The number of fused-ring (bicyclic) bond motifs is 1. The molecule has 0 aromatic heterocycles. The van der Waals surface area contributed by atoms with Crippen LogP contribution in [0.1, 0.15) is 0 Å². The van der Waals surface area contributed by atoms with E-state index in [9.17, 15) is 17.2 Å². The van der Waals surface area contributed by atoms with Crippen molar-refractivity contribution in [2.75, 3.05) is 16.8 Å². The molecule has 0 saturated carbocycles. The van der Waals surface area contributed by atoms with Crippen LogP contribution in [-0.4, -0.2) is 36.4 Å². The third-order valence-corrected chi connectivity index (χ3v) is 6.13. The van der Waals surface area contributed by atoms with Gasteiger partial charge in [-0.3, -0.25) is 4.99 Å². The zero-order chi connectivity index (χ0) is 13.6. The standard InChI is InChI=1S/C11H10F2N2O2S2/c12-6-1-2-8(7(13)3-6)14-11-15-9-4-19(16,17)5-10(9)18-11/h1-3,9-10H,4-5H2,(H,14,15)/t9-,10+/m1/s1. The summed E-state index contributed by atoms with van der Waals surface area (Å²) in [6.45, 7) is 0. The Bertz CT molecular complexity index is 661. The minimum atomic E-state index is -2.99. The highest BCUT2D eigenvalue weighted by Gasteiger charge is 2.42. The number of benzene rings is 1. The van der Waals surface area contributed by atoms with Gasteiger partial charge in [0.2, 0.25) is 0 Å². The molecule has 2 atom stereocenters. The number of nitrogens with zero attached hydrogens (tertiary/aromatic N) is 1. The van der Waals surface area contributed by atoms with E-state index < -0.39 is 21.5 Å². The lowest BCUT2D eigenvalue weighted by Crippen LogP contribution is -2.13. The fourth-order valence-corrected chi connectivity index (χ4v) is 5.79. The zero-order valence-corrected chi connectivity index (χ0v) is 11.3. The third kappa shape index (κ3) is 2.59. The van der Waals surface area contributed by atoms with E-state index in [1.165, 1.54) is 17.8 Å². The SMILES string of the molecule is O=S1(=O)C[C@@H]2SC(Nc3ccc(F)cc3F)=N[C@@H]2C1. The molecule has 8 heteroatoms. The van der Waals surface area contributed by atoms with Gasteiger partial charge in [-0.05, 0) is 12.1 Å². The first kappa shape index (κ1) is 12.9. The zero-order valence-electron chi connectivity index (χ0n) is 9.64. The average molecular weight is 304 g/mol. The number of amidine groups is 1. The van der Waals surface area contributed by atoms with Crippen LogP contribution in [0.5, 0.6) is 0 Å². The number of sulfone groups is 1. The number of hydrogen-bond donors (Lipinski definition) is 1. The lowest BCUT2D eigenvalue weighted by atomic mass is 10.3. The van der Waals surface area contributed by atoms with Crippen LogP contribution in [0.4, 0.5) is 14.5 Å². The fourth-order valence-electron chi connectivity index (χ4n) is 2.12. The molecule has 102 valence electrons. The second kappa shape index (κ2) is 4.45. The number of thioether (sulfide) groups is 1. The Morgan fingerprint density at radius 2 is 2.11 bits per heavy atom. The summed E-state index contributed by atoms with van der Waals surface area (Å²) in [7, 11) is -2.99. The minimum Gasteiger partial charge on any atom is -0.333 e. The second-order valence-corrected chi connectivity index (χ2v) is 7.87. The highest BCUT2D eigenvalue weighted by molar-refractivity contribution is 8.15. The Morgan fingerprint density at radius 1 is 1.32 bits per heavy atom. The molecule has 3 rings (SSSR count). The van der Waals surface area contributed by atoms with Crippen molar-refractivity contribution in [3.63, 3.8) is 0 Å². The molecule has 1 saturated heterocycles. The Balaban J connectivity index is 1.76. The summed E-state index contributed by atoms with van der Waals surface area (Å²) in [6, 6.07) is 2.96. The van der Waals surface area contributed by atoms with Crippen LogP contribution in [0.25, 0.3) is 0 Å². The van der Waals surface area contributed by atoms with Crippen molar-refractivity contribution in [3.05, 3.63) is 29.8 Å². The first-order valence-corrected chi connectivity index (χ1v) is 8.30. The minimum absolute atomic E-state index is 0.0434. The van der Waals surface area contributed by atoms with E-state index in [0.717, 1.165) is 12.1 Å². The fraction of sp³-hybridized carbons (Fsp3) is 0.364. The Hall–Kier alpha value is -1.15. The number of anilines is 1. The van der Waals surface area contributed by atoms with E-state index in [1.807, 2.05) is 0 Å². The third-order valence-electron chi connectivity index (χ3n) is 2.99. The van der Waals surface area contributed by atoms with Gasteiger partial charge in [-0.2, -0.15) is 0 Å². The summed E-state index contributed by atoms with van der Waals surface area (Å²) < 4.78 is 49.0. The van der Waals surface area contributed by atoms with E-state index in [-0.39, 0.29) is 28.5 Å². The topological polar surface area (TPSA) is 58.5 Å². The van der Waals surface area contributed by atoms with Gasteiger partial charge in [-0.1, -0.05) is 11.8 Å². The average Bonchev–Trinajstić information content (AvgIpc) is 2.75. The summed E-state index contributed by atoms with van der Waals surface area (Å²) in [5.74, 6) is -1.20. The molecule has 0 amide bonds. The molecule has 0 bridgehead atoms. The monoisotopic (exact) mass is 304 g/mol. The Morgan fingerprint density at radius 3 is 2.79 bits per heavy atom. The van der Waals surface area contributed by atoms with E-state index in [4.69, 9.17) is 0 Å². The lowest BCUT2D eigenvalue weighted by molar-refractivity contribution is 0.586. The summed E-state index contributed by atoms with van der Waals surface area (Å²) in [5.41, 5.74) is 0.135. The van der Waals surface area contributed by atoms with Crippen LogP contribution < -0.4 is 5.32 Å². The number of aliphatic imine (C=N–C) groups is 1. The maximum absolute atomic E-state index is 13.5. The largest absolute Gasteiger partial charge is 0.333 e. The predicted octanol–water partition coefficient (Wildman–Crippen LogP) is 1.65. The van der Waals surface area contributed by atoms with E-state index >= 15 is 0 Å². The van der Waals surface area contributed by atoms with Gasteiger partial charge in [-0.15, -0.1) is 0 Å². The second-order valence-electron chi connectivity index (χ2n) is 4.48. The summed E-state index contributed by atoms with van der Waals surface area (Å²) in [5, 5.41) is 3.15. The molecular weight excluding hydrogens is 294 g/mol. The van der Waals surface area contributed by atoms with Gasteiger partial charge < -0.3 is 5.32 Å². The Kier molecular flexibility index (Phi) is 3.01. The molecule has 0 aliphatic carbocycles. The van der Waals surface area contributed by atoms with Gasteiger partial charge in [0, 0.05) is 11.3 Å². The van der Waals surface area contributed by atoms with Gasteiger partial charge in [0.1, 0.15) is 11.6 Å². The highest BCUT2D eigenvalue weighted by atomic mass is 32.2. The van der Waals surface area contributed by atoms with E-state index in [1.54, 1.807) is 0 Å². The summed E-state index contributed by atoms with van der Waals surface area (Å²) in [4.78, 5) is 4.23. The van der Waals surface area contributed by atoms with Crippen molar-refractivity contribution in [2.24, 2.45) is 4.99 Å². The molecule has 1 fully saturated rings. The van der Waals surface area contributed by atoms with Crippen LogP contribution in [0.2, 0.25) is 0 Å². The molecule has 2 aliphatic rings. The maximum atomic E-state index is 13.5. The van der Waals surface area contributed by atoms with Crippen LogP contribution >= 0.6 is 11.8 Å². The predicted molar refractivity (Wildman–Crippen MR) is 71.2 cm³/mol. The van der Waals surface area contributed by atoms with E-state index in [0.29, 0.717) is 5.17 Å². The smallest absolute Gasteiger partial charge is 0.161 e. The quantitative estimate of drug-likeness (QED) is 0.857. The molecule has 1 N–H and O–H groups in total. The van der Waals surface area contributed by atoms with E-state index in [2.05, 4.69) is 10.3 Å². The van der Waals surface area contributed by atoms with Crippen molar-refractivity contribution in [3.8, 4) is 0 Å². The van der Waals surface area contributed by atoms with Crippen molar-refractivity contribution in [2.45, 2.75) is 11.3 Å². The summed E-state index contributed by atoms with van der Waals surface area (Å²) >= 11 is 1.29. The molecule has 1 aromatic carbocycles. The number of nitrogens with one attached hydrogen (secondary N) is 1. The number of halogens is 2. The first-order chi connectivity index (χ1) is 8.93. The first-order valence-electron chi connectivity index (χ1n) is 5.60. The molecule has 0 unspecified atom stereocenters. The molecule has 2 aliphatic heterocycles. The van der Waals surface area contributed by atoms with Gasteiger partial charge in [0.05, 0.1) is 23.2 Å². The Labute approximate surface area is 113 Å². The number of hydrogen-bond acceptors (Lipinski definition) is 5. The van der Waals surface area contributed by atoms with Crippen molar-refractivity contribution >= 4 is 32.5 Å². The van der Waals surface area contributed by atoms with Crippen molar-refractivity contribution in [1.82, 2.24) is 0 Å². The van der Waals surface area contributed by atoms with Crippen molar-refractivity contribution < 1.29 is 17.2 Å². The van der Waals surface area contributed by atoms with Gasteiger partial charge in [0.25, 0.3) is 0 Å². The molecule has 19 heavy (non-hydrogen) atoms. The van der Waals surface area contributed by atoms with Crippen molar-refractivity contribution in [1.29, 1.82) is 0 Å². The van der Waals surface area contributed by atoms with Crippen LogP contribution in [-0.2, 0) is 9.84 Å². The molecule has 4 nitrogen and oxygen atoms in total. The highest BCUT2D eigenvalue weighted by Crippen LogP contribution is 2.34. The van der Waals surface area contributed by atoms with Crippen LogP contribution in [0.15, 0.2) is 23.2 Å². The molecular formula is C11H10F2N2O2S2. The molecule has 1 aromatic rings. The van der Waals surface area contributed by atoms with Crippen LogP contribution in [0.3, 0.4) is 0 Å². The molecule has 2 heterocycles. The molecule has 0 spiro atoms. The van der Waals surface area contributed by atoms with Gasteiger partial charge in [0.15, 0.2) is 15.0 Å². The van der Waals surface area contributed by atoms with Gasteiger partial charge >= 0.3 is 0 Å². The molecule has 0 radical (unpaired) electrons. The number of rotatable bonds is 1. The normalized spacial score (nSPS) is 28.0. The maximum Gasteiger partial charge on any atom is 0.161 e. The lowest BCUT2D eigenvalue weighted by Gasteiger charge is -2.07.